The van der Waals surface area contributed by atoms with Gasteiger partial charge in [0.15, 0.2) is 0 Å². The maximum absolute atomic E-state index is 4.78. The minimum Gasteiger partial charge on any atom is -0.311 e. The van der Waals surface area contributed by atoms with Gasteiger partial charge < -0.3 is 5.32 Å². The third-order valence-electron chi connectivity index (χ3n) is 4.80. The van der Waals surface area contributed by atoms with Crippen LogP contribution < -0.4 is 5.32 Å². The molecule has 0 bridgehead atoms. The first kappa shape index (κ1) is 16.5. The highest BCUT2D eigenvalue weighted by Crippen LogP contribution is 2.17. The van der Waals surface area contributed by atoms with Crippen LogP contribution in [0.2, 0.25) is 0 Å². The molecule has 0 radical (unpaired) electrons. The number of hydrogen-bond acceptors (Lipinski definition) is 3. The highest BCUT2D eigenvalue weighted by Gasteiger charge is 2.26. The Balaban J connectivity index is 2.01. The number of piperazine rings is 1. The quantitative estimate of drug-likeness (QED) is 0.838. The summed E-state index contributed by atoms with van der Waals surface area (Å²) in [6, 6.07) is 3.98. The van der Waals surface area contributed by atoms with Gasteiger partial charge in [-0.1, -0.05) is 27.2 Å². The van der Waals surface area contributed by atoms with Crippen LogP contribution in [-0.2, 0) is 6.54 Å². The van der Waals surface area contributed by atoms with Gasteiger partial charge in [-0.3, -0.25) is 9.58 Å². The van der Waals surface area contributed by atoms with Crippen LogP contribution >= 0.6 is 0 Å². The molecule has 4 heteroatoms. The first-order valence-electron chi connectivity index (χ1n) is 8.69. The molecule has 0 saturated carbocycles. The van der Waals surface area contributed by atoms with Gasteiger partial charge in [-0.15, -0.1) is 0 Å². The monoisotopic (exact) mass is 292 g/mol. The smallest absolute Gasteiger partial charge is 0.0765 e. The van der Waals surface area contributed by atoms with Crippen molar-refractivity contribution in [2.45, 2.75) is 78.0 Å². The molecule has 0 aliphatic carbocycles. The first-order valence-corrected chi connectivity index (χ1v) is 8.69. The van der Waals surface area contributed by atoms with E-state index < -0.39 is 0 Å². The Hall–Kier alpha value is -0.870. The topological polar surface area (TPSA) is 33.1 Å². The summed E-state index contributed by atoms with van der Waals surface area (Å²) in [6.07, 6.45) is 7.00. The predicted octanol–water partition coefficient (Wildman–Crippen LogP) is 3.21. The van der Waals surface area contributed by atoms with Gasteiger partial charge in [-0.2, -0.15) is 5.10 Å². The summed E-state index contributed by atoms with van der Waals surface area (Å²) < 4.78 is 2.11. The average molecular weight is 292 g/mol. The van der Waals surface area contributed by atoms with E-state index >= 15 is 0 Å². The zero-order chi connectivity index (χ0) is 15.2. The molecule has 1 fully saturated rings. The minimum absolute atomic E-state index is 0.497. The van der Waals surface area contributed by atoms with E-state index in [2.05, 4.69) is 54.9 Å². The fourth-order valence-electron chi connectivity index (χ4n) is 3.12. The van der Waals surface area contributed by atoms with E-state index in [4.69, 9.17) is 5.10 Å². The van der Waals surface area contributed by atoms with Crippen molar-refractivity contribution in [3.05, 3.63) is 18.0 Å². The lowest BCUT2D eigenvalue weighted by Crippen LogP contribution is -2.55. The SMILES string of the molecule is CCCC1CNC(CC)CN1Cc1ccn(C(C)CC)n1. The fraction of sp³-hybridized carbons (Fsp3) is 0.824. The van der Waals surface area contributed by atoms with Gasteiger partial charge in [0, 0.05) is 44.0 Å². The summed E-state index contributed by atoms with van der Waals surface area (Å²) in [6.45, 7) is 12.3. The summed E-state index contributed by atoms with van der Waals surface area (Å²) in [4.78, 5) is 2.64. The molecular weight excluding hydrogens is 260 g/mol. The van der Waals surface area contributed by atoms with Crippen LogP contribution in [0.4, 0.5) is 0 Å². The van der Waals surface area contributed by atoms with Crippen molar-refractivity contribution in [2.75, 3.05) is 13.1 Å². The third kappa shape index (κ3) is 4.30. The predicted molar refractivity (Wildman–Crippen MR) is 88.4 cm³/mol. The van der Waals surface area contributed by atoms with Gasteiger partial charge in [0.2, 0.25) is 0 Å². The van der Waals surface area contributed by atoms with Gasteiger partial charge in [-0.05, 0) is 32.3 Å². The van der Waals surface area contributed by atoms with Crippen molar-refractivity contribution in [1.29, 1.82) is 0 Å². The third-order valence-corrected chi connectivity index (χ3v) is 4.80. The van der Waals surface area contributed by atoms with Crippen LogP contribution in [0.5, 0.6) is 0 Å². The second-order valence-electron chi connectivity index (χ2n) is 6.43. The van der Waals surface area contributed by atoms with E-state index in [1.54, 1.807) is 0 Å². The van der Waals surface area contributed by atoms with Crippen molar-refractivity contribution in [3.8, 4) is 0 Å². The van der Waals surface area contributed by atoms with Gasteiger partial charge in [0.05, 0.1) is 5.69 Å². The van der Waals surface area contributed by atoms with Crippen LogP contribution in [0.15, 0.2) is 12.3 Å². The Morgan fingerprint density at radius 2 is 2.19 bits per heavy atom. The number of nitrogens with one attached hydrogen (secondary N) is 1. The minimum atomic E-state index is 0.497. The molecule has 21 heavy (non-hydrogen) atoms. The first-order chi connectivity index (χ1) is 10.2. The Labute approximate surface area is 129 Å². The molecule has 1 aliphatic heterocycles. The summed E-state index contributed by atoms with van der Waals surface area (Å²) in [5.41, 5.74) is 1.22. The molecule has 1 aromatic heterocycles. The van der Waals surface area contributed by atoms with E-state index in [-0.39, 0.29) is 0 Å². The summed E-state index contributed by atoms with van der Waals surface area (Å²) >= 11 is 0. The van der Waals surface area contributed by atoms with Crippen LogP contribution in [-0.4, -0.2) is 39.9 Å². The maximum Gasteiger partial charge on any atom is 0.0765 e. The van der Waals surface area contributed by atoms with E-state index in [0.717, 1.165) is 26.1 Å². The number of aromatic nitrogens is 2. The lowest BCUT2D eigenvalue weighted by atomic mass is 10.0. The second-order valence-corrected chi connectivity index (χ2v) is 6.43. The van der Waals surface area contributed by atoms with Gasteiger partial charge in [0.1, 0.15) is 0 Å². The van der Waals surface area contributed by atoms with Crippen molar-refractivity contribution >= 4 is 0 Å². The molecule has 1 saturated heterocycles. The summed E-state index contributed by atoms with van der Waals surface area (Å²) in [5, 5.41) is 8.46. The molecule has 0 aromatic carbocycles. The van der Waals surface area contributed by atoms with Gasteiger partial charge >= 0.3 is 0 Å². The fourth-order valence-corrected chi connectivity index (χ4v) is 3.12. The molecular formula is C17H32N4. The van der Waals surface area contributed by atoms with Gasteiger partial charge in [0.25, 0.3) is 0 Å². The number of rotatable bonds is 7. The van der Waals surface area contributed by atoms with Crippen molar-refractivity contribution < 1.29 is 0 Å². The Morgan fingerprint density at radius 3 is 2.86 bits per heavy atom. The zero-order valence-electron chi connectivity index (χ0n) is 14.2. The van der Waals surface area contributed by atoms with Crippen LogP contribution in [0.3, 0.4) is 0 Å². The van der Waals surface area contributed by atoms with Crippen molar-refractivity contribution in [1.82, 2.24) is 20.0 Å². The molecule has 1 N–H and O–H groups in total. The zero-order valence-corrected chi connectivity index (χ0v) is 14.2. The molecule has 3 unspecified atom stereocenters. The molecule has 120 valence electrons. The van der Waals surface area contributed by atoms with E-state index in [1.165, 1.54) is 25.0 Å². The molecule has 1 aromatic rings. The average Bonchev–Trinajstić information content (AvgIpc) is 2.97. The van der Waals surface area contributed by atoms with E-state index in [1.807, 2.05) is 0 Å². The number of nitrogens with zero attached hydrogens (tertiary/aromatic N) is 3. The van der Waals surface area contributed by atoms with Crippen molar-refractivity contribution in [3.63, 3.8) is 0 Å². The molecule has 0 amide bonds. The molecule has 2 rings (SSSR count). The lowest BCUT2D eigenvalue weighted by molar-refractivity contribution is 0.112. The Morgan fingerprint density at radius 1 is 1.38 bits per heavy atom. The standard InChI is InChI=1S/C17H32N4/c1-5-8-17-11-18-15(7-3)12-20(17)13-16-9-10-21(19-16)14(4)6-2/h9-10,14-15,17-18H,5-8,11-13H2,1-4H3. The molecule has 3 atom stereocenters. The lowest BCUT2D eigenvalue weighted by Gasteiger charge is -2.40. The highest BCUT2D eigenvalue weighted by molar-refractivity contribution is 5.01. The van der Waals surface area contributed by atoms with Crippen LogP contribution in [0.25, 0.3) is 0 Å². The largest absolute Gasteiger partial charge is 0.311 e. The highest BCUT2D eigenvalue weighted by atomic mass is 15.3. The molecule has 1 aliphatic rings. The van der Waals surface area contributed by atoms with Gasteiger partial charge in [-0.25, -0.2) is 0 Å². The van der Waals surface area contributed by atoms with Crippen LogP contribution in [0, 0.1) is 0 Å². The summed E-state index contributed by atoms with van der Waals surface area (Å²) in [7, 11) is 0. The maximum atomic E-state index is 4.78. The Kier molecular flexibility index (Phi) is 6.24. The van der Waals surface area contributed by atoms with Crippen LogP contribution in [0.1, 0.15) is 65.1 Å². The molecule has 0 spiro atoms. The van der Waals surface area contributed by atoms with E-state index in [9.17, 15) is 0 Å². The number of hydrogen-bond donors (Lipinski definition) is 1. The second kappa shape index (κ2) is 7.95. The molecule has 4 nitrogen and oxygen atoms in total. The Bertz CT molecular complexity index is 415. The summed E-state index contributed by atoms with van der Waals surface area (Å²) in [5.74, 6) is 0. The van der Waals surface area contributed by atoms with Crippen molar-refractivity contribution in [2.24, 2.45) is 0 Å². The van der Waals surface area contributed by atoms with E-state index in [0.29, 0.717) is 18.1 Å². The normalized spacial score (nSPS) is 25.1. The molecule has 2 heterocycles.